The van der Waals surface area contributed by atoms with Gasteiger partial charge in [-0.05, 0) is 52.2 Å². The van der Waals surface area contributed by atoms with Crippen LogP contribution in [0.5, 0.6) is 5.75 Å². The lowest BCUT2D eigenvalue weighted by atomic mass is 10.1. The summed E-state index contributed by atoms with van der Waals surface area (Å²) in [6.07, 6.45) is 0. The van der Waals surface area contributed by atoms with Crippen LogP contribution in [0, 0.1) is 0 Å². The molecule has 0 aromatic heterocycles. The van der Waals surface area contributed by atoms with Gasteiger partial charge in [0.05, 0.1) is 19.3 Å². The van der Waals surface area contributed by atoms with Crippen LogP contribution in [0.25, 0.3) is 10.8 Å². The van der Waals surface area contributed by atoms with E-state index in [-0.39, 0.29) is 19.1 Å². The van der Waals surface area contributed by atoms with E-state index in [0.29, 0.717) is 17.7 Å². The molecule has 6 nitrogen and oxygen atoms in total. The molecule has 3 aromatic carbocycles. The Bertz CT molecular complexity index is 1010. The average Bonchev–Trinajstić information content (AvgIpc) is 2.76. The minimum Gasteiger partial charge on any atom is -0.497 e. The number of carbonyl (C=O) groups excluding carboxylic acids is 2. The molecule has 150 valence electrons. The van der Waals surface area contributed by atoms with Gasteiger partial charge in [0.25, 0.3) is 5.91 Å². The van der Waals surface area contributed by atoms with Gasteiger partial charge in [0.1, 0.15) is 5.75 Å². The third-order valence-corrected chi connectivity index (χ3v) is 4.66. The van der Waals surface area contributed by atoms with Gasteiger partial charge in [-0.1, -0.05) is 30.3 Å². The Hall–Kier alpha value is -3.38. The van der Waals surface area contributed by atoms with E-state index in [0.717, 1.165) is 22.1 Å². The Labute approximate surface area is 169 Å². The predicted molar refractivity (Wildman–Crippen MR) is 110 cm³/mol. The standard InChI is InChI=1S/C23H23NO5/c1-24(13-17-5-8-20-12-21(28-2)10-9-19(20)11-17)22(26)15-29-23(27)18-6-3-16(14-25)4-7-18/h3-12,25H,13-15H2,1-2H3. The smallest absolute Gasteiger partial charge is 0.338 e. The highest BCUT2D eigenvalue weighted by Crippen LogP contribution is 2.22. The van der Waals surface area contributed by atoms with Gasteiger partial charge >= 0.3 is 5.97 Å². The molecular formula is C23H23NO5. The summed E-state index contributed by atoms with van der Waals surface area (Å²) in [5, 5.41) is 11.2. The molecule has 1 amide bonds. The highest BCUT2D eigenvalue weighted by Gasteiger charge is 2.14. The molecule has 0 fully saturated rings. The highest BCUT2D eigenvalue weighted by atomic mass is 16.5. The van der Waals surface area contributed by atoms with Crippen LogP contribution in [-0.4, -0.2) is 42.6 Å². The molecule has 0 bridgehead atoms. The first-order valence-electron chi connectivity index (χ1n) is 9.17. The van der Waals surface area contributed by atoms with Gasteiger partial charge in [0.15, 0.2) is 6.61 Å². The maximum atomic E-state index is 12.3. The number of esters is 1. The molecule has 6 heteroatoms. The van der Waals surface area contributed by atoms with Crippen LogP contribution >= 0.6 is 0 Å². The van der Waals surface area contributed by atoms with E-state index in [1.54, 1.807) is 38.4 Å². The SMILES string of the molecule is COc1ccc2cc(CN(C)C(=O)COC(=O)c3ccc(CO)cc3)ccc2c1. The molecule has 29 heavy (non-hydrogen) atoms. The van der Waals surface area contributed by atoms with Crippen molar-refractivity contribution in [2.24, 2.45) is 0 Å². The number of amides is 1. The number of aliphatic hydroxyl groups is 1. The first kappa shape index (κ1) is 20.4. The van der Waals surface area contributed by atoms with Crippen LogP contribution in [0.4, 0.5) is 0 Å². The number of benzene rings is 3. The average molecular weight is 393 g/mol. The quantitative estimate of drug-likeness (QED) is 0.624. The number of carbonyl (C=O) groups is 2. The van der Waals surface area contributed by atoms with Crippen molar-refractivity contribution in [3.05, 3.63) is 77.4 Å². The summed E-state index contributed by atoms with van der Waals surface area (Å²) < 4.78 is 10.3. The molecule has 0 unspecified atom stereocenters. The van der Waals surface area contributed by atoms with Crippen LogP contribution in [0.15, 0.2) is 60.7 Å². The molecule has 0 spiro atoms. The van der Waals surface area contributed by atoms with Crippen molar-refractivity contribution < 1.29 is 24.2 Å². The number of likely N-dealkylation sites (N-methyl/N-ethyl adjacent to an activating group) is 1. The first-order chi connectivity index (χ1) is 14.0. The lowest BCUT2D eigenvalue weighted by Gasteiger charge is -2.17. The highest BCUT2D eigenvalue weighted by molar-refractivity contribution is 5.91. The second-order valence-electron chi connectivity index (χ2n) is 6.73. The number of methoxy groups -OCH3 is 1. The maximum absolute atomic E-state index is 12.3. The van der Waals surface area contributed by atoms with Gasteiger partial charge in [-0.2, -0.15) is 0 Å². The van der Waals surface area contributed by atoms with E-state index in [4.69, 9.17) is 14.6 Å². The van der Waals surface area contributed by atoms with E-state index >= 15 is 0 Å². The van der Waals surface area contributed by atoms with Gasteiger partial charge in [0, 0.05) is 13.6 Å². The van der Waals surface area contributed by atoms with Gasteiger partial charge in [-0.15, -0.1) is 0 Å². The lowest BCUT2D eigenvalue weighted by molar-refractivity contribution is -0.133. The van der Waals surface area contributed by atoms with Crippen molar-refractivity contribution in [3.63, 3.8) is 0 Å². The molecule has 0 aliphatic rings. The summed E-state index contributed by atoms with van der Waals surface area (Å²) in [4.78, 5) is 25.9. The van der Waals surface area contributed by atoms with Crippen molar-refractivity contribution in [3.8, 4) is 5.75 Å². The molecule has 0 atom stereocenters. The molecule has 0 aliphatic carbocycles. The predicted octanol–water partition coefficient (Wildman–Crippen LogP) is 3.16. The molecular weight excluding hydrogens is 370 g/mol. The summed E-state index contributed by atoms with van der Waals surface area (Å²) in [5.74, 6) is -0.0681. The fourth-order valence-electron chi connectivity index (χ4n) is 2.93. The van der Waals surface area contributed by atoms with Gasteiger partial charge in [0.2, 0.25) is 0 Å². The van der Waals surface area contributed by atoms with Gasteiger partial charge in [-0.3, -0.25) is 4.79 Å². The first-order valence-corrected chi connectivity index (χ1v) is 9.17. The van der Waals surface area contributed by atoms with Crippen LogP contribution in [0.2, 0.25) is 0 Å². The molecule has 3 rings (SSSR count). The van der Waals surface area contributed by atoms with E-state index in [9.17, 15) is 9.59 Å². The van der Waals surface area contributed by atoms with Crippen LogP contribution < -0.4 is 4.74 Å². The summed E-state index contributed by atoms with van der Waals surface area (Å²) in [6, 6.07) is 18.2. The number of aliphatic hydroxyl groups excluding tert-OH is 1. The molecule has 1 N–H and O–H groups in total. The van der Waals surface area contributed by atoms with E-state index < -0.39 is 5.97 Å². The largest absolute Gasteiger partial charge is 0.497 e. The lowest BCUT2D eigenvalue weighted by Crippen LogP contribution is -2.30. The minimum absolute atomic E-state index is 0.0963. The van der Waals surface area contributed by atoms with E-state index in [2.05, 4.69) is 0 Å². The van der Waals surface area contributed by atoms with Crippen molar-refractivity contribution >= 4 is 22.6 Å². The minimum atomic E-state index is -0.573. The Kier molecular flexibility index (Phi) is 6.46. The third kappa shape index (κ3) is 5.12. The van der Waals surface area contributed by atoms with Gasteiger partial charge in [-0.25, -0.2) is 4.79 Å². The number of hydrogen-bond acceptors (Lipinski definition) is 5. The Morgan fingerprint density at radius 3 is 2.28 bits per heavy atom. The molecule has 0 radical (unpaired) electrons. The van der Waals surface area contributed by atoms with E-state index in [1.165, 1.54) is 4.90 Å². The second kappa shape index (κ2) is 9.21. The second-order valence-corrected chi connectivity index (χ2v) is 6.73. The Balaban J connectivity index is 1.57. The molecule has 0 heterocycles. The van der Waals surface area contributed by atoms with Crippen LogP contribution in [-0.2, 0) is 22.7 Å². The zero-order valence-electron chi connectivity index (χ0n) is 16.4. The van der Waals surface area contributed by atoms with Crippen molar-refractivity contribution in [1.82, 2.24) is 4.90 Å². The Morgan fingerprint density at radius 2 is 1.59 bits per heavy atom. The number of rotatable bonds is 7. The topological polar surface area (TPSA) is 76.1 Å². The fourth-order valence-corrected chi connectivity index (χ4v) is 2.93. The normalized spacial score (nSPS) is 10.6. The maximum Gasteiger partial charge on any atom is 0.338 e. The molecule has 0 saturated carbocycles. The zero-order valence-corrected chi connectivity index (χ0v) is 16.4. The number of ether oxygens (including phenoxy) is 2. The monoisotopic (exact) mass is 393 g/mol. The summed E-state index contributed by atoms with van der Waals surface area (Å²) in [5.41, 5.74) is 2.01. The molecule has 0 saturated heterocycles. The van der Waals surface area contributed by atoms with E-state index in [1.807, 2.05) is 36.4 Å². The third-order valence-electron chi connectivity index (χ3n) is 4.66. The van der Waals surface area contributed by atoms with Crippen molar-refractivity contribution in [1.29, 1.82) is 0 Å². The van der Waals surface area contributed by atoms with Crippen LogP contribution in [0.1, 0.15) is 21.5 Å². The summed E-state index contributed by atoms with van der Waals surface area (Å²) in [7, 11) is 3.30. The van der Waals surface area contributed by atoms with Crippen molar-refractivity contribution in [2.75, 3.05) is 20.8 Å². The molecule has 0 aliphatic heterocycles. The summed E-state index contributed by atoms with van der Waals surface area (Å²) >= 11 is 0. The molecule has 3 aromatic rings. The van der Waals surface area contributed by atoms with Gasteiger partial charge < -0.3 is 19.5 Å². The Morgan fingerprint density at radius 1 is 0.931 bits per heavy atom. The fraction of sp³-hybridized carbons (Fsp3) is 0.217. The zero-order chi connectivity index (χ0) is 20.8. The van der Waals surface area contributed by atoms with Crippen LogP contribution in [0.3, 0.4) is 0 Å². The summed E-state index contributed by atoms with van der Waals surface area (Å²) in [6.45, 7) is -0.0215. The van der Waals surface area contributed by atoms with Crippen molar-refractivity contribution in [2.45, 2.75) is 13.2 Å². The number of nitrogens with zero attached hydrogens (tertiary/aromatic N) is 1. The number of hydrogen-bond donors (Lipinski definition) is 1. The number of fused-ring (bicyclic) bond motifs is 1.